The summed E-state index contributed by atoms with van der Waals surface area (Å²) in [5, 5.41) is 26.7. The second-order valence-corrected chi connectivity index (χ2v) is 9.69. The fourth-order valence-corrected chi connectivity index (χ4v) is 6.63. The van der Waals surface area contributed by atoms with Gasteiger partial charge in [0.05, 0.1) is 11.4 Å². The third-order valence-electron chi connectivity index (χ3n) is 7.52. The van der Waals surface area contributed by atoms with Crippen LogP contribution in [0.1, 0.15) is 31.9 Å². The van der Waals surface area contributed by atoms with Crippen molar-refractivity contribution in [3.8, 4) is 0 Å². The molecule has 0 radical (unpaired) electrons. The molecule has 6 rings (SSSR count). The van der Waals surface area contributed by atoms with Gasteiger partial charge in [-0.2, -0.15) is 0 Å². The lowest BCUT2D eigenvalue weighted by Crippen LogP contribution is -2.55. The highest BCUT2D eigenvalue weighted by atomic mass is 79.9. The van der Waals surface area contributed by atoms with Crippen LogP contribution in [0, 0.1) is 0 Å². The number of ether oxygens (including phenoxy) is 1. The van der Waals surface area contributed by atoms with E-state index in [2.05, 4.69) is 36.1 Å². The number of hydrogen-bond acceptors (Lipinski definition) is 8. The largest absolute Gasteiger partial charge is 0.385 e. The predicted octanol–water partition coefficient (Wildman–Crippen LogP) is 0.366. The summed E-state index contributed by atoms with van der Waals surface area (Å²) < 4.78 is 8.72. The van der Waals surface area contributed by atoms with E-state index in [0.717, 1.165) is 49.8 Å². The molecule has 4 fully saturated rings. The molecular weight excluding hydrogens is 440 g/mol. The van der Waals surface area contributed by atoms with Crippen molar-refractivity contribution in [2.24, 2.45) is 0 Å². The van der Waals surface area contributed by atoms with E-state index in [9.17, 15) is 10.2 Å². The lowest BCUT2D eigenvalue weighted by atomic mass is 9.85. The molecule has 0 bridgehead atoms. The Kier molecular flexibility index (Phi) is 3.89. The molecule has 2 aromatic rings. The highest BCUT2D eigenvalue weighted by Crippen LogP contribution is 2.59. The molecule has 29 heavy (non-hydrogen) atoms. The van der Waals surface area contributed by atoms with E-state index in [0.29, 0.717) is 16.9 Å². The number of aromatic nitrogens is 3. The number of nitrogen functional groups attached to an aromatic ring is 1. The van der Waals surface area contributed by atoms with Gasteiger partial charge in [-0.3, -0.25) is 4.90 Å². The smallest absolute Gasteiger partial charge is 0.164 e. The molecule has 4 aliphatic rings. The molecule has 156 valence electrons. The molecule has 1 spiro atoms. The van der Waals surface area contributed by atoms with E-state index in [1.54, 1.807) is 10.8 Å². The molecule has 5 atom stereocenters. The number of rotatable bonds is 2. The van der Waals surface area contributed by atoms with Crippen LogP contribution in [0.25, 0.3) is 11.0 Å². The maximum absolute atomic E-state index is 11.4. The van der Waals surface area contributed by atoms with Crippen molar-refractivity contribution in [1.82, 2.24) is 24.8 Å². The van der Waals surface area contributed by atoms with Crippen LogP contribution < -0.4 is 11.1 Å². The number of anilines is 1. The van der Waals surface area contributed by atoms with Gasteiger partial charge < -0.3 is 30.6 Å². The van der Waals surface area contributed by atoms with Crippen LogP contribution in [0.2, 0.25) is 0 Å². The van der Waals surface area contributed by atoms with E-state index in [4.69, 9.17) is 10.5 Å². The summed E-state index contributed by atoms with van der Waals surface area (Å²) in [5.74, 6) is 0.361. The lowest BCUT2D eigenvalue weighted by molar-refractivity contribution is -0.0949. The van der Waals surface area contributed by atoms with E-state index < -0.39 is 24.0 Å². The van der Waals surface area contributed by atoms with Gasteiger partial charge in [-0.1, -0.05) is 0 Å². The van der Waals surface area contributed by atoms with Gasteiger partial charge >= 0.3 is 0 Å². The van der Waals surface area contributed by atoms with Crippen molar-refractivity contribution in [3.63, 3.8) is 0 Å². The molecule has 10 heteroatoms. The Bertz CT molecular complexity index is 978. The maximum Gasteiger partial charge on any atom is 0.164 e. The second-order valence-electron chi connectivity index (χ2n) is 8.84. The van der Waals surface area contributed by atoms with Gasteiger partial charge in [0.25, 0.3) is 0 Å². The van der Waals surface area contributed by atoms with Crippen LogP contribution in [0.15, 0.2) is 17.0 Å². The predicted molar refractivity (Wildman–Crippen MR) is 109 cm³/mol. The fourth-order valence-electron chi connectivity index (χ4n) is 6.03. The molecule has 3 aliphatic heterocycles. The number of hydrogen-bond donors (Lipinski definition) is 4. The third-order valence-corrected chi connectivity index (χ3v) is 8.13. The average molecular weight is 465 g/mol. The van der Waals surface area contributed by atoms with Crippen molar-refractivity contribution >= 4 is 32.8 Å². The van der Waals surface area contributed by atoms with Crippen LogP contribution in [-0.2, 0) is 4.74 Å². The SMILES string of the molecule is Nc1ncnc2c1c(Br)cn2[C@@H]1O[C@@H]2C(N3CCCC34CCNCC4)[C@]2(O)[C@H]1O. The number of nitrogens with zero attached hydrogens (tertiary/aromatic N) is 4. The van der Waals surface area contributed by atoms with Gasteiger partial charge in [-0.05, 0) is 61.2 Å². The number of aliphatic hydroxyl groups excluding tert-OH is 1. The Morgan fingerprint density at radius 3 is 2.79 bits per heavy atom. The summed E-state index contributed by atoms with van der Waals surface area (Å²) in [4.78, 5) is 10.8. The van der Waals surface area contributed by atoms with E-state index >= 15 is 0 Å². The van der Waals surface area contributed by atoms with Gasteiger partial charge in [-0.15, -0.1) is 0 Å². The van der Waals surface area contributed by atoms with Crippen LogP contribution in [0.5, 0.6) is 0 Å². The number of piperidine rings is 1. The number of fused-ring (bicyclic) bond motifs is 2. The van der Waals surface area contributed by atoms with Crippen LogP contribution in [0.4, 0.5) is 5.82 Å². The molecule has 1 unspecified atom stereocenters. The van der Waals surface area contributed by atoms with Gasteiger partial charge in [-0.25, -0.2) is 9.97 Å². The highest BCUT2D eigenvalue weighted by molar-refractivity contribution is 9.10. The number of aliphatic hydroxyl groups is 2. The Hall–Kier alpha value is -1.30. The third kappa shape index (κ3) is 2.33. The van der Waals surface area contributed by atoms with E-state index in [-0.39, 0.29) is 11.6 Å². The van der Waals surface area contributed by atoms with E-state index in [1.807, 2.05) is 0 Å². The zero-order valence-corrected chi connectivity index (χ0v) is 17.5. The molecule has 0 aromatic carbocycles. The molecule has 0 amide bonds. The summed E-state index contributed by atoms with van der Waals surface area (Å²) in [6, 6.07) is -0.153. The highest BCUT2D eigenvalue weighted by Gasteiger charge is 2.79. The second kappa shape index (κ2) is 6.12. The Morgan fingerprint density at radius 1 is 1.28 bits per heavy atom. The van der Waals surface area contributed by atoms with E-state index in [1.165, 1.54) is 6.33 Å². The van der Waals surface area contributed by atoms with Crippen molar-refractivity contribution in [3.05, 3.63) is 17.0 Å². The normalized spacial score (nSPS) is 38.7. The van der Waals surface area contributed by atoms with Crippen molar-refractivity contribution < 1.29 is 14.9 Å². The number of likely N-dealkylation sites (tertiary alicyclic amines) is 1. The molecule has 1 aliphatic carbocycles. The number of nitrogens with two attached hydrogens (primary N) is 1. The van der Waals surface area contributed by atoms with Crippen molar-refractivity contribution in [2.45, 2.75) is 61.3 Å². The van der Waals surface area contributed by atoms with Gasteiger partial charge in [0, 0.05) is 16.2 Å². The Labute approximate surface area is 176 Å². The monoisotopic (exact) mass is 464 g/mol. The Morgan fingerprint density at radius 2 is 2.07 bits per heavy atom. The minimum Gasteiger partial charge on any atom is -0.385 e. The first-order valence-corrected chi connectivity index (χ1v) is 11.1. The molecule has 5 N–H and O–H groups in total. The quantitative estimate of drug-likeness (QED) is 0.502. The minimum absolute atomic E-state index is 0.124. The molecule has 2 aromatic heterocycles. The summed E-state index contributed by atoms with van der Waals surface area (Å²) in [6.45, 7) is 2.96. The van der Waals surface area contributed by atoms with Crippen LogP contribution >= 0.6 is 15.9 Å². The van der Waals surface area contributed by atoms with Gasteiger partial charge in [0.1, 0.15) is 35.6 Å². The standard InChI is InChI=1S/C19H25BrN6O3/c20-10-8-25(16-11(10)15(21)23-9-24-16)17-13(27)19(28)12(14(19)29-17)26-7-1-2-18(26)3-5-22-6-4-18/h8-9,12-14,17,22,27-28H,1-7H2,(H2,21,23,24)/t12?,13-,14+,17+,19-/m0/s1. The van der Waals surface area contributed by atoms with Crippen LogP contribution in [-0.4, -0.2) is 78.7 Å². The van der Waals surface area contributed by atoms with Gasteiger partial charge in [0.15, 0.2) is 6.23 Å². The molecule has 3 saturated heterocycles. The molecule has 5 heterocycles. The summed E-state index contributed by atoms with van der Waals surface area (Å²) >= 11 is 3.49. The average Bonchev–Trinajstić information content (AvgIpc) is 3.00. The van der Waals surface area contributed by atoms with Crippen LogP contribution in [0.3, 0.4) is 0 Å². The Balaban J connectivity index is 1.31. The number of nitrogens with one attached hydrogen (secondary N) is 1. The molecule has 1 saturated carbocycles. The topological polar surface area (TPSA) is 122 Å². The first-order valence-electron chi connectivity index (χ1n) is 10.3. The van der Waals surface area contributed by atoms with Crippen molar-refractivity contribution in [1.29, 1.82) is 0 Å². The van der Waals surface area contributed by atoms with Crippen molar-refractivity contribution in [2.75, 3.05) is 25.4 Å². The lowest BCUT2D eigenvalue weighted by Gasteiger charge is -2.43. The minimum atomic E-state index is -1.26. The maximum atomic E-state index is 11.4. The van der Waals surface area contributed by atoms with Gasteiger partial charge in [0.2, 0.25) is 0 Å². The summed E-state index contributed by atoms with van der Waals surface area (Å²) in [6.07, 6.45) is 5.47. The first kappa shape index (κ1) is 18.5. The number of halogens is 1. The molecule has 9 nitrogen and oxygen atoms in total. The zero-order chi connectivity index (χ0) is 20.0. The zero-order valence-electron chi connectivity index (χ0n) is 16.0. The summed E-state index contributed by atoms with van der Waals surface area (Å²) in [5.41, 5.74) is 5.43. The first-order chi connectivity index (χ1) is 14.0. The molecular formula is C19H25BrN6O3. The fraction of sp³-hybridized carbons (Fsp3) is 0.684. The summed E-state index contributed by atoms with van der Waals surface area (Å²) in [7, 11) is 0.